The second-order valence-corrected chi connectivity index (χ2v) is 2.89. The summed E-state index contributed by atoms with van der Waals surface area (Å²) in [5.74, 6) is -1.06. The van der Waals surface area contributed by atoms with Crippen molar-refractivity contribution < 1.29 is 19.6 Å². The maximum atomic E-state index is 11.2. The van der Waals surface area contributed by atoms with Crippen LogP contribution in [0.2, 0.25) is 0 Å². The number of aromatic hydroxyl groups is 1. The van der Waals surface area contributed by atoms with Gasteiger partial charge in [-0.25, -0.2) is 4.79 Å². The van der Waals surface area contributed by atoms with Crippen LogP contribution in [0.3, 0.4) is 0 Å². The van der Waals surface area contributed by atoms with E-state index in [1.165, 1.54) is 6.92 Å². The third kappa shape index (κ3) is 2.04. The Morgan fingerprint density at radius 1 is 1.53 bits per heavy atom. The zero-order valence-electron chi connectivity index (χ0n) is 8.18. The molecule has 0 aliphatic heterocycles. The first-order chi connectivity index (χ1) is 6.97. The van der Waals surface area contributed by atoms with Gasteiger partial charge in [-0.05, 0) is 13.0 Å². The number of rotatable bonds is 2. The van der Waals surface area contributed by atoms with Gasteiger partial charge >= 0.3 is 5.97 Å². The molecule has 1 rings (SSSR count). The summed E-state index contributed by atoms with van der Waals surface area (Å²) >= 11 is 0. The molecule has 0 aliphatic rings. The van der Waals surface area contributed by atoms with Gasteiger partial charge in [-0.3, -0.25) is 10.1 Å². The second-order valence-electron chi connectivity index (χ2n) is 2.89. The van der Waals surface area contributed by atoms with E-state index >= 15 is 0 Å². The van der Waals surface area contributed by atoms with Gasteiger partial charge in [0.05, 0.1) is 23.7 Å². The van der Waals surface area contributed by atoms with Crippen LogP contribution in [0.4, 0.5) is 5.69 Å². The largest absolute Gasteiger partial charge is 0.508 e. The van der Waals surface area contributed by atoms with Crippen LogP contribution < -0.4 is 0 Å². The van der Waals surface area contributed by atoms with Crippen LogP contribution in [0.1, 0.15) is 15.9 Å². The van der Waals surface area contributed by atoms with Gasteiger partial charge in [0.2, 0.25) is 0 Å². The highest BCUT2D eigenvalue weighted by molar-refractivity contribution is 5.92. The van der Waals surface area contributed by atoms with Crippen LogP contribution in [0.15, 0.2) is 12.1 Å². The minimum Gasteiger partial charge on any atom is -0.508 e. The number of hydrogen-bond acceptors (Lipinski definition) is 5. The third-order valence-corrected chi connectivity index (χ3v) is 1.97. The molecule has 80 valence electrons. The highest BCUT2D eigenvalue weighted by atomic mass is 16.6. The van der Waals surface area contributed by atoms with E-state index in [0.29, 0.717) is 0 Å². The Bertz CT molecular complexity index is 427. The fourth-order valence-electron chi connectivity index (χ4n) is 1.20. The summed E-state index contributed by atoms with van der Waals surface area (Å²) in [5.41, 5.74) is -0.149. The van der Waals surface area contributed by atoms with Crippen LogP contribution in [0.5, 0.6) is 5.75 Å². The molecule has 0 spiro atoms. The Kier molecular flexibility index (Phi) is 2.89. The molecule has 0 aliphatic carbocycles. The first kappa shape index (κ1) is 11.0. The maximum absolute atomic E-state index is 11.2. The van der Waals surface area contributed by atoms with Crippen molar-refractivity contribution in [2.45, 2.75) is 6.92 Å². The van der Waals surface area contributed by atoms with E-state index in [9.17, 15) is 20.0 Å². The van der Waals surface area contributed by atoms with Crippen molar-refractivity contribution in [3.63, 3.8) is 0 Å². The molecule has 6 nitrogen and oxygen atoms in total. The Morgan fingerprint density at radius 2 is 2.13 bits per heavy atom. The summed E-state index contributed by atoms with van der Waals surface area (Å²) in [6.45, 7) is 1.42. The normalized spacial score (nSPS) is 9.73. The zero-order chi connectivity index (χ0) is 11.6. The van der Waals surface area contributed by atoms with E-state index in [4.69, 9.17) is 0 Å². The molecule has 0 fully saturated rings. The van der Waals surface area contributed by atoms with Crippen LogP contribution in [0, 0.1) is 17.0 Å². The standard InChI is InChI=1S/C9H9NO5/c1-5-7(9(12)15-2)3-6(11)4-8(5)10(13)14/h3-4,11H,1-2H3. The van der Waals surface area contributed by atoms with Gasteiger partial charge in [0.1, 0.15) is 5.75 Å². The Balaban J connectivity index is 3.41. The molecule has 0 saturated carbocycles. The van der Waals surface area contributed by atoms with Gasteiger partial charge in [-0.15, -0.1) is 0 Å². The number of hydrogen-bond donors (Lipinski definition) is 1. The lowest BCUT2D eigenvalue weighted by Gasteiger charge is -2.04. The number of phenolic OH excluding ortho intramolecular Hbond substituents is 1. The first-order valence-electron chi connectivity index (χ1n) is 4.03. The zero-order valence-corrected chi connectivity index (χ0v) is 8.18. The molecule has 0 atom stereocenters. The molecule has 0 aromatic heterocycles. The Hall–Kier alpha value is -2.11. The summed E-state index contributed by atoms with van der Waals surface area (Å²) in [6.07, 6.45) is 0. The third-order valence-electron chi connectivity index (χ3n) is 1.97. The minimum atomic E-state index is -0.716. The summed E-state index contributed by atoms with van der Waals surface area (Å²) in [6, 6.07) is 2.12. The molecule has 0 amide bonds. The van der Waals surface area contributed by atoms with Crippen molar-refractivity contribution in [2.24, 2.45) is 0 Å². The first-order valence-corrected chi connectivity index (χ1v) is 4.03. The topological polar surface area (TPSA) is 89.7 Å². The SMILES string of the molecule is COC(=O)c1cc(O)cc([N+](=O)[O-])c1C. The van der Waals surface area contributed by atoms with E-state index in [1.807, 2.05) is 0 Å². The monoisotopic (exact) mass is 211 g/mol. The van der Waals surface area contributed by atoms with Gasteiger partial charge in [-0.1, -0.05) is 0 Å². The molecule has 0 unspecified atom stereocenters. The van der Waals surface area contributed by atoms with Crippen LogP contribution in [-0.2, 0) is 4.74 Å². The van der Waals surface area contributed by atoms with Crippen LogP contribution in [-0.4, -0.2) is 23.1 Å². The molecule has 0 radical (unpaired) electrons. The molecule has 0 bridgehead atoms. The molecule has 1 aromatic carbocycles. The number of nitrogens with zero attached hydrogens (tertiary/aromatic N) is 1. The number of carbonyl (C=O) groups excluding carboxylic acids is 1. The van der Waals surface area contributed by atoms with Crippen molar-refractivity contribution in [3.8, 4) is 5.75 Å². The van der Waals surface area contributed by atoms with Crippen molar-refractivity contribution in [1.82, 2.24) is 0 Å². The molecule has 0 heterocycles. The Labute approximate surface area is 85.2 Å². The lowest BCUT2D eigenvalue weighted by atomic mass is 10.1. The molecular formula is C9H9NO5. The number of esters is 1. The average molecular weight is 211 g/mol. The predicted octanol–water partition coefficient (Wildman–Crippen LogP) is 1.40. The fraction of sp³-hybridized carbons (Fsp3) is 0.222. The summed E-state index contributed by atoms with van der Waals surface area (Å²) in [5, 5.41) is 19.8. The smallest absolute Gasteiger partial charge is 0.338 e. The van der Waals surface area contributed by atoms with E-state index < -0.39 is 10.9 Å². The molecular weight excluding hydrogens is 202 g/mol. The maximum Gasteiger partial charge on any atom is 0.338 e. The van der Waals surface area contributed by atoms with Crippen molar-refractivity contribution in [1.29, 1.82) is 0 Å². The fourth-order valence-corrected chi connectivity index (χ4v) is 1.20. The van der Waals surface area contributed by atoms with E-state index in [-0.39, 0.29) is 22.6 Å². The lowest BCUT2D eigenvalue weighted by molar-refractivity contribution is -0.385. The van der Waals surface area contributed by atoms with E-state index in [2.05, 4.69) is 4.74 Å². The van der Waals surface area contributed by atoms with E-state index in [1.54, 1.807) is 0 Å². The van der Waals surface area contributed by atoms with Gasteiger partial charge in [-0.2, -0.15) is 0 Å². The van der Waals surface area contributed by atoms with Gasteiger partial charge in [0.25, 0.3) is 5.69 Å². The Morgan fingerprint density at radius 3 is 2.60 bits per heavy atom. The number of nitro benzene ring substituents is 1. The molecule has 15 heavy (non-hydrogen) atoms. The molecule has 1 aromatic rings. The summed E-state index contributed by atoms with van der Waals surface area (Å²) in [4.78, 5) is 21.1. The lowest BCUT2D eigenvalue weighted by Crippen LogP contribution is -2.05. The number of phenols is 1. The van der Waals surface area contributed by atoms with Gasteiger partial charge < -0.3 is 9.84 Å². The number of benzene rings is 1. The van der Waals surface area contributed by atoms with Crippen molar-refractivity contribution >= 4 is 11.7 Å². The molecule has 0 saturated heterocycles. The average Bonchev–Trinajstić information content (AvgIpc) is 2.19. The van der Waals surface area contributed by atoms with Gasteiger partial charge in [0.15, 0.2) is 0 Å². The predicted molar refractivity (Wildman–Crippen MR) is 50.8 cm³/mol. The highest BCUT2D eigenvalue weighted by Crippen LogP contribution is 2.27. The number of nitro groups is 1. The highest BCUT2D eigenvalue weighted by Gasteiger charge is 2.20. The number of carbonyl (C=O) groups is 1. The van der Waals surface area contributed by atoms with Crippen molar-refractivity contribution in [3.05, 3.63) is 33.4 Å². The van der Waals surface area contributed by atoms with Crippen LogP contribution >= 0.6 is 0 Å². The van der Waals surface area contributed by atoms with Crippen LogP contribution in [0.25, 0.3) is 0 Å². The number of methoxy groups -OCH3 is 1. The summed E-state index contributed by atoms with van der Waals surface area (Å²) in [7, 11) is 1.16. The molecule has 6 heteroatoms. The van der Waals surface area contributed by atoms with E-state index in [0.717, 1.165) is 19.2 Å². The quantitative estimate of drug-likeness (QED) is 0.453. The van der Waals surface area contributed by atoms with Crippen molar-refractivity contribution in [2.75, 3.05) is 7.11 Å². The van der Waals surface area contributed by atoms with Gasteiger partial charge in [0, 0.05) is 5.56 Å². The number of ether oxygens (including phenoxy) is 1. The molecule has 1 N–H and O–H groups in total. The second kappa shape index (κ2) is 3.95. The minimum absolute atomic E-state index is 0.01000. The summed E-state index contributed by atoms with van der Waals surface area (Å²) < 4.78 is 4.43.